The minimum atomic E-state index is 0.0408. The molecule has 0 atom stereocenters. The Hall–Kier alpha value is -1.58. The van der Waals surface area contributed by atoms with Crippen LogP contribution in [0.25, 0.3) is 0 Å². The van der Waals surface area contributed by atoms with Crippen molar-refractivity contribution in [2.24, 2.45) is 5.73 Å². The Morgan fingerprint density at radius 1 is 1.75 bits per heavy atom. The summed E-state index contributed by atoms with van der Waals surface area (Å²) in [6.45, 7) is 2.75. The summed E-state index contributed by atoms with van der Waals surface area (Å²) in [5.74, 6) is 0.714. The molecule has 4 heteroatoms. The van der Waals surface area contributed by atoms with Crippen LogP contribution in [-0.4, -0.2) is 17.4 Å². The van der Waals surface area contributed by atoms with E-state index in [1.807, 2.05) is 6.92 Å². The third kappa shape index (κ3) is 1.72. The third-order valence-electron chi connectivity index (χ3n) is 1.44. The van der Waals surface area contributed by atoms with Crippen LogP contribution in [0.5, 0.6) is 0 Å². The fourth-order valence-electron chi connectivity index (χ4n) is 0.931. The quantitative estimate of drug-likeness (QED) is 0.457. The number of pyridine rings is 1. The molecule has 0 aliphatic rings. The number of nitrogens with one attached hydrogen (secondary N) is 2. The molecule has 0 saturated heterocycles. The third-order valence-corrected chi connectivity index (χ3v) is 1.44. The number of aromatic nitrogens is 1. The summed E-state index contributed by atoms with van der Waals surface area (Å²) in [6.07, 6.45) is 1.67. The molecule has 0 saturated carbocycles. The highest BCUT2D eigenvalue weighted by Crippen LogP contribution is 2.09. The number of nitrogens with two attached hydrogens (primary N) is 1. The van der Waals surface area contributed by atoms with Crippen molar-refractivity contribution in [3.63, 3.8) is 0 Å². The van der Waals surface area contributed by atoms with Crippen molar-refractivity contribution in [2.45, 2.75) is 6.92 Å². The Morgan fingerprint density at radius 2 is 2.50 bits per heavy atom. The highest BCUT2D eigenvalue weighted by atomic mass is 15.0. The maximum atomic E-state index is 7.25. The second-order valence-electron chi connectivity index (χ2n) is 2.34. The highest BCUT2D eigenvalue weighted by Gasteiger charge is 2.03. The van der Waals surface area contributed by atoms with Gasteiger partial charge in [-0.3, -0.25) is 5.41 Å². The van der Waals surface area contributed by atoms with Gasteiger partial charge < -0.3 is 11.1 Å². The molecule has 0 aromatic carbocycles. The van der Waals surface area contributed by atoms with Crippen molar-refractivity contribution < 1.29 is 0 Å². The molecule has 1 aromatic heterocycles. The smallest absolute Gasteiger partial charge is 0.136 e. The number of nitrogen functional groups attached to an aromatic ring is 1. The number of hydrogen-bond donors (Lipinski definition) is 3. The summed E-state index contributed by atoms with van der Waals surface area (Å²) in [5.41, 5.74) is 6.00. The average molecular weight is 164 g/mol. The van der Waals surface area contributed by atoms with Crippen LogP contribution in [0.1, 0.15) is 12.5 Å². The first-order valence-electron chi connectivity index (χ1n) is 3.79. The lowest BCUT2D eigenvalue weighted by Crippen LogP contribution is -2.15. The lowest BCUT2D eigenvalue weighted by Gasteiger charge is -2.06. The van der Waals surface area contributed by atoms with Crippen LogP contribution in [0.15, 0.2) is 18.3 Å². The van der Waals surface area contributed by atoms with Crippen LogP contribution in [0.3, 0.4) is 0 Å². The fourth-order valence-corrected chi connectivity index (χ4v) is 0.931. The van der Waals surface area contributed by atoms with Crippen LogP contribution in [0.2, 0.25) is 0 Å². The van der Waals surface area contributed by atoms with Crippen molar-refractivity contribution in [3.05, 3.63) is 23.9 Å². The van der Waals surface area contributed by atoms with E-state index in [1.165, 1.54) is 0 Å². The van der Waals surface area contributed by atoms with E-state index in [1.54, 1.807) is 18.3 Å². The van der Waals surface area contributed by atoms with Gasteiger partial charge in [-0.2, -0.15) is 0 Å². The number of amidine groups is 1. The summed E-state index contributed by atoms with van der Waals surface area (Å²) in [7, 11) is 0. The number of hydrogen-bond acceptors (Lipinski definition) is 3. The van der Waals surface area contributed by atoms with E-state index in [2.05, 4.69) is 10.3 Å². The Balaban J connectivity index is 3.00. The highest BCUT2D eigenvalue weighted by molar-refractivity contribution is 5.99. The molecule has 0 spiro atoms. The van der Waals surface area contributed by atoms with Gasteiger partial charge in [0.2, 0.25) is 0 Å². The molecule has 4 nitrogen and oxygen atoms in total. The van der Waals surface area contributed by atoms with Gasteiger partial charge in [0.15, 0.2) is 0 Å². The van der Waals surface area contributed by atoms with Gasteiger partial charge in [0.1, 0.15) is 11.7 Å². The van der Waals surface area contributed by atoms with E-state index in [9.17, 15) is 0 Å². The van der Waals surface area contributed by atoms with Crippen LogP contribution >= 0.6 is 0 Å². The normalized spacial score (nSPS) is 9.42. The maximum Gasteiger partial charge on any atom is 0.136 e. The number of nitrogens with zero attached hydrogens (tertiary/aromatic N) is 1. The lowest BCUT2D eigenvalue weighted by atomic mass is 10.2. The summed E-state index contributed by atoms with van der Waals surface area (Å²) in [5, 5.41) is 10.3. The van der Waals surface area contributed by atoms with Crippen LogP contribution < -0.4 is 11.1 Å². The van der Waals surface area contributed by atoms with Crippen LogP contribution in [-0.2, 0) is 0 Å². The standard InChI is InChI=1S/C8H12N4/c1-2-11-8-6(7(9)10)4-3-5-12-8/h3-5H,2H2,1H3,(H3,9,10)(H,11,12). The van der Waals surface area contributed by atoms with Crippen molar-refractivity contribution >= 4 is 11.7 Å². The monoisotopic (exact) mass is 164 g/mol. The van der Waals surface area contributed by atoms with Crippen LogP contribution in [0, 0.1) is 5.41 Å². The van der Waals surface area contributed by atoms with Gasteiger partial charge in [0.25, 0.3) is 0 Å². The molecule has 0 unspecified atom stereocenters. The zero-order chi connectivity index (χ0) is 8.97. The van der Waals surface area contributed by atoms with Gasteiger partial charge in [0.05, 0.1) is 5.56 Å². The molecular weight excluding hydrogens is 152 g/mol. The molecule has 1 aromatic rings. The van der Waals surface area contributed by atoms with Crippen LogP contribution in [0.4, 0.5) is 5.82 Å². The molecular formula is C8H12N4. The molecule has 1 heterocycles. The molecule has 64 valence electrons. The maximum absolute atomic E-state index is 7.25. The summed E-state index contributed by atoms with van der Waals surface area (Å²) < 4.78 is 0. The largest absolute Gasteiger partial charge is 0.384 e. The molecule has 0 radical (unpaired) electrons. The molecule has 1 rings (SSSR count). The van der Waals surface area contributed by atoms with E-state index < -0.39 is 0 Å². The van der Waals surface area contributed by atoms with E-state index in [0.717, 1.165) is 6.54 Å². The summed E-state index contributed by atoms with van der Waals surface area (Å²) in [6, 6.07) is 3.53. The Bertz CT molecular complexity index is 282. The van der Waals surface area contributed by atoms with Gasteiger partial charge in [-0.1, -0.05) is 0 Å². The minimum absolute atomic E-state index is 0.0408. The zero-order valence-corrected chi connectivity index (χ0v) is 6.96. The molecule has 4 N–H and O–H groups in total. The van der Waals surface area contributed by atoms with E-state index in [-0.39, 0.29) is 5.84 Å². The lowest BCUT2D eigenvalue weighted by molar-refractivity contribution is 1.15. The predicted octanol–water partition coefficient (Wildman–Crippen LogP) is 0.797. The molecule has 0 fully saturated rings. The van der Waals surface area contributed by atoms with Crippen molar-refractivity contribution in [1.82, 2.24) is 4.98 Å². The SMILES string of the molecule is CCNc1ncccc1C(=N)N. The van der Waals surface area contributed by atoms with E-state index >= 15 is 0 Å². The molecule has 0 bridgehead atoms. The van der Waals surface area contributed by atoms with Crippen molar-refractivity contribution in [3.8, 4) is 0 Å². The first kappa shape index (κ1) is 8.52. The van der Waals surface area contributed by atoms with Gasteiger partial charge in [0, 0.05) is 12.7 Å². The van der Waals surface area contributed by atoms with Gasteiger partial charge in [-0.25, -0.2) is 4.98 Å². The van der Waals surface area contributed by atoms with Gasteiger partial charge in [-0.05, 0) is 19.1 Å². The fraction of sp³-hybridized carbons (Fsp3) is 0.250. The number of anilines is 1. The van der Waals surface area contributed by atoms with Gasteiger partial charge >= 0.3 is 0 Å². The first-order chi connectivity index (χ1) is 5.75. The Kier molecular flexibility index (Phi) is 2.63. The molecule has 0 amide bonds. The van der Waals surface area contributed by atoms with Crippen molar-refractivity contribution in [1.29, 1.82) is 5.41 Å². The second kappa shape index (κ2) is 3.71. The summed E-state index contributed by atoms with van der Waals surface area (Å²) in [4.78, 5) is 4.06. The first-order valence-corrected chi connectivity index (χ1v) is 3.79. The van der Waals surface area contributed by atoms with E-state index in [4.69, 9.17) is 11.1 Å². The van der Waals surface area contributed by atoms with E-state index in [0.29, 0.717) is 11.4 Å². The summed E-state index contributed by atoms with van der Waals surface area (Å²) >= 11 is 0. The minimum Gasteiger partial charge on any atom is -0.384 e. The number of rotatable bonds is 3. The Labute approximate surface area is 71.3 Å². The Morgan fingerprint density at radius 3 is 3.08 bits per heavy atom. The average Bonchev–Trinajstić information content (AvgIpc) is 2.05. The zero-order valence-electron chi connectivity index (χ0n) is 6.96. The predicted molar refractivity (Wildman–Crippen MR) is 49.4 cm³/mol. The topological polar surface area (TPSA) is 74.8 Å². The molecule has 0 aliphatic carbocycles. The second-order valence-corrected chi connectivity index (χ2v) is 2.34. The molecule has 0 aliphatic heterocycles. The molecule has 12 heavy (non-hydrogen) atoms. The van der Waals surface area contributed by atoms with Gasteiger partial charge in [-0.15, -0.1) is 0 Å². The van der Waals surface area contributed by atoms with Crippen molar-refractivity contribution in [2.75, 3.05) is 11.9 Å².